The third-order valence-electron chi connectivity index (χ3n) is 2.37. The van der Waals surface area contributed by atoms with Crippen molar-refractivity contribution in [2.75, 3.05) is 13.2 Å². The number of hydrogen-bond acceptors (Lipinski definition) is 3. The van der Waals surface area contributed by atoms with Gasteiger partial charge in [-0.05, 0) is 26.7 Å². The van der Waals surface area contributed by atoms with Gasteiger partial charge >= 0.3 is 0 Å². The maximum absolute atomic E-state index is 8.38. The summed E-state index contributed by atoms with van der Waals surface area (Å²) < 4.78 is 5.60. The number of rotatable bonds is 3. The van der Waals surface area contributed by atoms with Gasteiger partial charge in [0.05, 0.1) is 11.7 Å². The zero-order valence-corrected chi connectivity index (χ0v) is 8.47. The summed E-state index contributed by atoms with van der Waals surface area (Å²) in [5.74, 6) is 0. The maximum atomic E-state index is 8.38. The normalized spacial score (nSPS) is 26.7. The van der Waals surface area contributed by atoms with Crippen LogP contribution in [0.1, 0.15) is 33.1 Å². The molecule has 1 rings (SSSR count). The predicted molar refractivity (Wildman–Crippen MR) is 51.3 cm³/mol. The van der Waals surface area contributed by atoms with Crippen molar-refractivity contribution in [3.63, 3.8) is 0 Å². The fourth-order valence-electron chi connectivity index (χ4n) is 1.74. The summed E-state index contributed by atoms with van der Waals surface area (Å²) in [4.78, 5) is 0. The topological polar surface area (TPSA) is 45.0 Å². The Bertz CT molecular complexity index is 196. The second-order valence-electron chi connectivity index (χ2n) is 4.16. The molecule has 0 radical (unpaired) electrons. The molecule has 74 valence electrons. The zero-order valence-electron chi connectivity index (χ0n) is 8.47. The van der Waals surface area contributed by atoms with Crippen LogP contribution in [0.5, 0.6) is 0 Å². The van der Waals surface area contributed by atoms with Crippen LogP contribution in [0.25, 0.3) is 0 Å². The molecule has 3 nitrogen and oxygen atoms in total. The average Bonchev–Trinajstić information content (AvgIpc) is 2.03. The molecule has 0 aromatic rings. The molecule has 13 heavy (non-hydrogen) atoms. The van der Waals surface area contributed by atoms with Crippen LogP contribution < -0.4 is 5.32 Å². The lowest BCUT2D eigenvalue weighted by molar-refractivity contribution is -0.0626. The summed E-state index contributed by atoms with van der Waals surface area (Å²) in [5.41, 5.74) is 0.00254. The number of nitrogens with zero attached hydrogens (tertiary/aromatic N) is 1. The Morgan fingerprint density at radius 1 is 1.62 bits per heavy atom. The van der Waals surface area contributed by atoms with E-state index in [0.29, 0.717) is 12.5 Å². The number of nitriles is 1. The van der Waals surface area contributed by atoms with E-state index in [4.69, 9.17) is 10.00 Å². The zero-order chi connectivity index (χ0) is 9.73. The molecule has 1 aliphatic rings. The summed E-state index contributed by atoms with van der Waals surface area (Å²) in [5, 5.41) is 11.8. The van der Waals surface area contributed by atoms with E-state index in [1.807, 2.05) is 0 Å². The quantitative estimate of drug-likeness (QED) is 0.672. The molecule has 1 saturated heterocycles. The van der Waals surface area contributed by atoms with Gasteiger partial charge in [-0.1, -0.05) is 0 Å². The highest BCUT2D eigenvalue weighted by molar-refractivity contribution is 4.83. The first-order valence-corrected chi connectivity index (χ1v) is 4.88. The summed E-state index contributed by atoms with van der Waals surface area (Å²) in [6.07, 6.45) is 2.70. The summed E-state index contributed by atoms with van der Waals surface area (Å²) in [7, 11) is 0. The molecule has 0 spiro atoms. The van der Waals surface area contributed by atoms with Gasteiger partial charge in [0, 0.05) is 25.6 Å². The third-order valence-corrected chi connectivity index (χ3v) is 2.37. The highest BCUT2D eigenvalue weighted by Crippen LogP contribution is 2.23. The number of ether oxygens (including phenoxy) is 1. The van der Waals surface area contributed by atoms with E-state index < -0.39 is 0 Å². The van der Waals surface area contributed by atoms with E-state index in [1.54, 1.807) is 0 Å². The Balaban J connectivity index is 2.23. The van der Waals surface area contributed by atoms with Crippen LogP contribution in [0.2, 0.25) is 0 Å². The standard InChI is InChI=1S/C10H18N2O/c1-10(2)8-9(4-7-13-10)12-6-3-5-11/h9,12H,3-4,6-8H2,1-2H3. The van der Waals surface area contributed by atoms with Crippen molar-refractivity contribution < 1.29 is 4.74 Å². The lowest BCUT2D eigenvalue weighted by atomic mass is 9.94. The van der Waals surface area contributed by atoms with Gasteiger partial charge in [0.15, 0.2) is 0 Å². The summed E-state index contributed by atoms with van der Waals surface area (Å²) in [6, 6.07) is 2.66. The first-order valence-electron chi connectivity index (χ1n) is 4.88. The van der Waals surface area contributed by atoms with Crippen molar-refractivity contribution in [1.29, 1.82) is 5.26 Å². The third kappa shape index (κ3) is 3.75. The van der Waals surface area contributed by atoms with Gasteiger partial charge in [-0.2, -0.15) is 5.26 Å². The molecule has 1 atom stereocenters. The van der Waals surface area contributed by atoms with Crippen LogP contribution >= 0.6 is 0 Å². The summed E-state index contributed by atoms with van der Waals surface area (Å²) >= 11 is 0. The molecular formula is C10H18N2O. The lowest BCUT2D eigenvalue weighted by Crippen LogP contribution is -2.43. The minimum absolute atomic E-state index is 0.00254. The van der Waals surface area contributed by atoms with Gasteiger partial charge in [-0.15, -0.1) is 0 Å². The molecule has 1 aliphatic heterocycles. The Morgan fingerprint density at radius 3 is 3.00 bits per heavy atom. The average molecular weight is 182 g/mol. The Kier molecular flexibility index (Phi) is 3.71. The van der Waals surface area contributed by atoms with Crippen LogP contribution in [0.4, 0.5) is 0 Å². The van der Waals surface area contributed by atoms with Gasteiger partial charge in [-0.25, -0.2) is 0 Å². The van der Waals surface area contributed by atoms with E-state index >= 15 is 0 Å². The van der Waals surface area contributed by atoms with Gasteiger partial charge in [0.1, 0.15) is 0 Å². The first kappa shape index (κ1) is 10.5. The van der Waals surface area contributed by atoms with Gasteiger partial charge in [-0.3, -0.25) is 0 Å². The van der Waals surface area contributed by atoms with Crippen molar-refractivity contribution in [2.45, 2.75) is 44.8 Å². The SMILES string of the molecule is CC1(C)CC(NCCC#N)CCO1. The van der Waals surface area contributed by atoms with Crippen LogP contribution in [0, 0.1) is 11.3 Å². The van der Waals surface area contributed by atoms with E-state index in [1.165, 1.54) is 0 Å². The molecule has 1 fully saturated rings. The van der Waals surface area contributed by atoms with Crippen LogP contribution in [-0.2, 0) is 4.74 Å². The highest BCUT2D eigenvalue weighted by Gasteiger charge is 2.28. The van der Waals surface area contributed by atoms with E-state index in [2.05, 4.69) is 25.2 Å². The van der Waals surface area contributed by atoms with Crippen molar-refractivity contribution in [3.8, 4) is 6.07 Å². The first-order chi connectivity index (χ1) is 6.14. The fourth-order valence-corrected chi connectivity index (χ4v) is 1.74. The van der Waals surface area contributed by atoms with E-state index in [-0.39, 0.29) is 5.60 Å². The Labute approximate surface area is 80.1 Å². The van der Waals surface area contributed by atoms with Crippen LogP contribution in [0.3, 0.4) is 0 Å². The number of nitrogens with one attached hydrogen (secondary N) is 1. The molecule has 0 aromatic heterocycles. The minimum Gasteiger partial charge on any atom is -0.375 e. The van der Waals surface area contributed by atoms with Gasteiger partial charge in [0.2, 0.25) is 0 Å². The molecule has 1 unspecified atom stereocenters. The number of hydrogen-bond donors (Lipinski definition) is 1. The van der Waals surface area contributed by atoms with Crippen LogP contribution in [-0.4, -0.2) is 24.8 Å². The molecule has 0 saturated carbocycles. The monoisotopic (exact) mass is 182 g/mol. The van der Waals surface area contributed by atoms with Crippen molar-refractivity contribution in [2.24, 2.45) is 0 Å². The van der Waals surface area contributed by atoms with Crippen molar-refractivity contribution in [3.05, 3.63) is 0 Å². The lowest BCUT2D eigenvalue weighted by Gasteiger charge is -2.35. The van der Waals surface area contributed by atoms with Crippen LogP contribution in [0.15, 0.2) is 0 Å². The second-order valence-corrected chi connectivity index (χ2v) is 4.16. The van der Waals surface area contributed by atoms with Gasteiger partial charge < -0.3 is 10.1 Å². The second kappa shape index (κ2) is 4.59. The van der Waals surface area contributed by atoms with E-state index in [9.17, 15) is 0 Å². The van der Waals surface area contributed by atoms with Crippen molar-refractivity contribution >= 4 is 0 Å². The molecule has 0 amide bonds. The van der Waals surface area contributed by atoms with Gasteiger partial charge in [0.25, 0.3) is 0 Å². The molecular weight excluding hydrogens is 164 g/mol. The molecule has 0 aromatic carbocycles. The molecule has 3 heteroatoms. The molecule has 0 bridgehead atoms. The fraction of sp³-hybridized carbons (Fsp3) is 0.900. The predicted octanol–water partition coefficient (Wildman–Crippen LogP) is 1.45. The molecule has 1 N–H and O–H groups in total. The maximum Gasteiger partial charge on any atom is 0.0641 e. The Morgan fingerprint density at radius 2 is 2.38 bits per heavy atom. The molecule has 0 aliphatic carbocycles. The van der Waals surface area contributed by atoms with E-state index in [0.717, 1.165) is 26.0 Å². The summed E-state index contributed by atoms with van der Waals surface area (Å²) in [6.45, 7) is 5.87. The minimum atomic E-state index is 0.00254. The largest absolute Gasteiger partial charge is 0.375 e. The highest BCUT2D eigenvalue weighted by atomic mass is 16.5. The molecule has 1 heterocycles. The van der Waals surface area contributed by atoms with Crippen molar-refractivity contribution in [1.82, 2.24) is 5.32 Å². The smallest absolute Gasteiger partial charge is 0.0641 e. The Hall–Kier alpha value is -0.590.